The summed E-state index contributed by atoms with van der Waals surface area (Å²) < 4.78 is 5.46. The Morgan fingerprint density at radius 1 is 0.929 bits per heavy atom. The lowest BCUT2D eigenvalue weighted by Gasteiger charge is -2.11. The summed E-state index contributed by atoms with van der Waals surface area (Å²) in [6.45, 7) is 1.85. The molecule has 6 heteroatoms. The molecule has 0 bridgehead atoms. The average Bonchev–Trinajstić information content (AvgIpc) is 2.71. The average molecular weight is 395 g/mol. The van der Waals surface area contributed by atoms with Gasteiger partial charge in [0.1, 0.15) is 5.75 Å². The predicted octanol–water partition coefficient (Wildman–Crippen LogP) is 4.92. The van der Waals surface area contributed by atoms with Gasteiger partial charge in [0.25, 0.3) is 11.8 Å². The van der Waals surface area contributed by atoms with E-state index in [1.54, 1.807) is 42.5 Å². The Morgan fingerprint density at radius 3 is 2.36 bits per heavy atom. The van der Waals surface area contributed by atoms with E-state index in [1.165, 1.54) is 0 Å². The van der Waals surface area contributed by atoms with Crippen molar-refractivity contribution in [1.29, 1.82) is 0 Å². The van der Waals surface area contributed by atoms with Gasteiger partial charge in [-0.25, -0.2) is 0 Å². The minimum absolute atomic E-state index is 0.128. The molecule has 0 aliphatic rings. The minimum Gasteiger partial charge on any atom is -0.484 e. The van der Waals surface area contributed by atoms with Gasteiger partial charge in [0.2, 0.25) is 0 Å². The van der Waals surface area contributed by atoms with Crippen molar-refractivity contribution in [2.45, 2.75) is 6.92 Å². The van der Waals surface area contributed by atoms with E-state index in [4.69, 9.17) is 16.3 Å². The second-order valence-corrected chi connectivity index (χ2v) is 6.57. The summed E-state index contributed by atoms with van der Waals surface area (Å²) in [4.78, 5) is 24.4. The summed E-state index contributed by atoms with van der Waals surface area (Å²) in [5.74, 6) is 0.0181. The van der Waals surface area contributed by atoms with Crippen LogP contribution in [0.2, 0.25) is 5.02 Å². The smallest absolute Gasteiger partial charge is 0.262 e. The molecule has 0 aromatic heterocycles. The number of nitrogens with one attached hydrogen (secondary N) is 2. The molecule has 0 aliphatic carbocycles. The predicted molar refractivity (Wildman–Crippen MR) is 111 cm³/mol. The van der Waals surface area contributed by atoms with Gasteiger partial charge in [-0.1, -0.05) is 47.5 Å². The first kappa shape index (κ1) is 19.5. The van der Waals surface area contributed by atoms with Crippen LogP contribution >= 0.6 is 11.6 Å². The summed E-state index contributed by atoms with van der Waals surface area (Å²) in [7, 11) is 0. The van der Waals surface area contributed by atoms with Crippen molar-refractivity contribution in [2.24, 2.45) is 0 Å². The van der Waals surface area contributed by atoms with E-state index >= 15 is 0 Å². The maximum Gasteiger partial charge on any atom is 0.262 e. The Hall–Kier alpha value is -3.31. The lowest BCUT2D eigenvalue weighted by Crippen LogP contribution is -2.20. The highest BCUT2D eigenvalue weighted by molar-refractivity contribution is 6.34. The molecule has 0 aliphatic heterocycles. The molecule has 0 saturated carbocycles. The number of halogens is 1. The standard InChI is InChI=1S/C22H19ClN2O3/c1-15-7-10-18(11-8-15)28-14-21(26)24-17-9-12-19(23)20(13-17)25-22(27)16-5-3-2-4-6-16/h2-13H,14H2,1H3,(H,24,26)(H,25,27). The van der Waals surface area contributed by atoms with E-state index in [9.17, 15) is 9.59 Å². The van der Waals surface area contributed by atoms with E-state index in [1.807, 2.05) is 37.3 Å². The fraction of sp³-hybridized carbons (Fsp3) is 0.0909. The first-order valence-electron chi connectivity index (χ1n) is 8.66. The maximum absolute atomic E-state index is 12.3. The molecule has 0 atom stereocenters. The van der Waals surface area contributed by atoms with E-state index in [0.717, 1.165) is 5.56 Å². The van der Waals surface area contributed by atoms with Gasteiger partial charge in [-0.2, -0.15) is 0 Å². The van der Waals surface area contributed by atoms with Crippen molar-refractivity contribution in [2.75, 3.05) is 17.2 Å². The third-order valence-corrected chi connectivity index (χ3v) is 4.25. The van der Waals surface area contributed by atoms with Crippen molar-refractivity contribution in [3.8, 4) is 5.75 Å². The van der Waals surface area contributed by atoms with Crippen molar-refractivity contribution in [3.05, 3.63) is 88.9 Å². The van der Waals surface area contributed by atoms with Gasteiger partial charge >= 0.3 is 0 Å². The number of aryl methyl sites for hydroxylation is 1. The second kappa shape index (κ2) is 9.06. The van der Waals surface area contributed by atoms with Crippen LogP contribution in [0.15, 0.2) is 72.8 Å². The fourth-order valence-corrected chi connectivity index (χ4v) is 2.63. The van der Waals surface area contributed by atoms with Crippen molar-refractivity contribution in [3.63, 3.8) is 0 Å². The molecule has 0 unspecified atom stereocenters. The van der Waals surface area contributed by atoms with Crippen LogP contribution in [0.3, 0.4) is 0 Å². The van der Waals surface area contributed by atoms with Gasteiger partial charge in [0.05, 0.1) is 10.7 Å². The first-order valence-corrected chi connectivity index (χ1v) is 9.04. The molecule has 0 radical (unpaired) electrons. The van der Waals surface area contributed by atoms with Crippen molar-refractivity contribution < 1.29 is 14.3 Å². The molecule has 3 aromatic rings. The van der Waals surface area contributed by atoms with Crippen molar-refractivity contribution >= 4 is 34.8 Å². The van der Waals surface area contributed by atoms with Crippen LogP contribution in [0.1, 0.15) is 15.9 Å². The van der Waals surface area contributed by atoms with Crippen LogP contribution in [-0.4, -0.2) is 18.4 Å². The van der Waals surface area contributed by atoms with Gasteiger partial charge in [0.15, 0.2) is 6.61 Å². The number of amides is 2. The largest absolute Gasteiger partial charge is 0.484 e. The third-order valence-electron chi connectivity index (χ3n) is 3.93. The van der Waals surface area contributed by atoms with Gasteiger partial charge in [-0.15, -0.1) is 0 Å². The first-order chi connectivity index (χ1) is 13.5. The molecule has 28 heavy (non-hydrogen) atoms. The quantitative estimate of drug-likeness (QED) is 0.623. The van der Waals surface area contributed by atoms with Gasteiger partial charge in [-0.05, 0) is 49.4 Å². The number of ether oxygens (including phenoxy) is 1. The molecular formula is C22H19ClN2O3. The number of anilines is 2. The molecular weight excluding hydrogens is 376 g/mol. The fourth-order valence-electron chi connectivity index (χ4n) is 2.46. The van der Waals surface area contributed by atoms with Crippen LogP contribution in [0.25, 0.3) is 0 Å². The number of carbonyl (C=O) groups is 2. The van der Waals surface area contributed by atoms with Crippen LogP contribution in [-0.2, 0) is 4.79 Å². The highest BCUT2D eigenvalue weighted by Gasteiger charge is 2.10. The van der Waals surface area contributed by atoms with Gasteiger partial charge < -0.3 is 15.4 Å². The zero-order valence-corrected chi connectivity index (χ0v) is 16.0. The third kappa shape index (κ3) is 5.34. The van der Waals surface area contributed by atoms with Gasteiger partial charge in [0, 0.05) is 11.3 Å². The number of hydrogen-bond acceptors (Lipinski definition) is 3. The summed E-state index contributed by atoms with van der Waals surface area (Å²) in [6, 6.07) is 21.1. The molecule has 0 fully saturated rings. The lowest BCUT2D eigenvalue weighted by atomic mass is 10.2. The zero-order chi connectivity index (χ0) is 19.9. The summed E-state index contributed by atoms with van der Waals surface area (Å²) >= 11 is 6.17. The lowest BCUT2D eigenvalue weighted by molar-refractivity contribution is -0.118. The summed E-state index contributed by atoms with van der Waals surface area (Å²) in [5, 5.41) is 5.85. The number of carbonyl (C=O) groups excluding carboxylic acids is 2. The van der Waals surface area contributed by atoms with E-state index in [2.05, 4.69) is 10.6 Å². The van der Waals surface area contributed by atoms with Gasteiger partial charge in [-0.3, -0.25) is 9.59 Å². The number of benzene rings is 3. The van der Waals surface area contributed by atoms with E-state index in [0.29, 0.717) is 27.7 Å². The monoisotopic (exact) mass is 394 g/mol. The molecule has 3 rings (SSSR count). The molecule has 2 amide bonds. The number of rotatable bonds is 6. The molecule has 2 N–H and O–H groups in total. The topological polar surface area (TPSA) is 67.4 Å². The Kier molecular flexibility index (Phi) is 6.29. The Balaban J connectivity index is 1.61. The van der Waals surface area contributed by atoms with E-state index < -0.39 is 0 Å². The van der Waals surface area contributed by atoms with Crippen LogP contribution in [0.4, 0.5) is 11.4 Å². The molecule has 142 valence electrons. The zero-order valence-electron chi connectivity index (χ0n) is 15.2. The summed E-state index contributed by atoms with van der Waals surface area (Å²) in [5.41, 5.74) is 2.54. The van der Waals surface area contributed by atoms with Crippen LogP contribution in [0, 0.1) is 6.92 Å². The minimum atomic E-state index is -0.316. The Bertz CT molecular complexity index is 973. The Morgan fingerprint density at radius 2 is 1.64 bits per heavy atom. The van der Waals surface area contributed by atoms with Crippen molar-refractivity contribution in [1.82, 2.24) is 0 Å². The molecule has 0 saturated heterocycles. The van der Waals surface area contributed by atoms with Crippen LogP contribution in [0.5, 0.6) is 5.75 Å². The maximum atomic E-state index is 12.3. The highest BCUT2D eigenvalue weighted by atomic mass is 35.5. The molecule has 3 aromatic carbocycles. The molecule has 0 heterocycles. The molecule has 5 nitrogen and oxygen atoms in total. The van der Waals surface area contributed by atoms with Crippen LogP contribution < -0.4 is 15.4 Å². The van der Waals surface area contributed by atoms with E-state index in [-0.39, 0.29) is 18.4 Å². The number of hydrogen-bond donors (Lipinski definition) is 2. The molecule has 0 spiro atoms. The Labute approximate surface area is 168 Å². The summed E-state index contributed by atoms with van der Waals surface area (Å²) in [6.07, 6.45) is 0. The normalized spacial score (nSPS) is 10.2. The second-order valence-electron chi connectivity index (χ2n) is 6.16. The SMILES string of the molecule is Cc1ccc(OCC(=O)Nc2ccc(Cl)c(NC(=O)c3ccccc3)c2)cc1. The highest BCUT2D eigenvalue weighted by Crippen LogP contribution is 2.26.